The van der Waals surface area contributed by atoms with E-state index in [0.717, 1.165) is 44.8 Å². The largest absolute Gasteiger partial charge is 0.346 e. The Labute approximate surface area is 126 Å². The maximum absolute atomic E-state index is 12.2. The zero-order valence-electron chi connectivity index (χ0n) is 13.4. The van der Waals surface area contributed by atoms with Crippen LogP contribution < -0.4 is 5.32 Å². The molecule has 2 heterocycles. The Bertz CT molecular complexity index is 451. The number of hydrogen-bond donors (Lipinski definition) is 1. The van der Waals surface area contributed by atoms with Gasteiger partial charge in [0.25, 0.3) is 0 Å². The molecule has 0 unspecified atom stereocenters. The Morgan fingerprint density at radius 2 is 2.10 bits per heavy atom. The number of aromatic nitrogens is 3. The summed E-state index contributed by atoms with van der Waals surface area (Å²) < 4.78 is 1.96. The fraction of sp³-hybridized carbons (Fsp3) is 0.800. The molecular formula is C15H27N5O. The summed E-state index contributed by atoms with van der Waals surface area (Å²) in [7, 11) is 0. The molecule has 1 aliphatic rings. The van der Waals surface area contributed by atoms with Crippen LogP contribution in [-0.4, -0.2) is 45.2 Å². The van der Waals surface area contributed by atoms with Crippen LogP contribution in [0.2, 0.25) is 0 Å². The zero-order valence-corrected chi connectivity index (χ0v) is 13.4. The molecule has 118 valence electrons. The van der Waals surface area contributed by atoms with Crippen LogP contribution in [-0.2, 0) is 11.3 Å². The molecule has 0 bridgehead atoms. The molecule has 2 rings (SSSR count). The van der Waals surface area contributed by atoms with E-state index in [-0.39, 0.29) is 11.9 Å². The average molecular weight is 293 g/mol. The molecule has 1 aliphatic heterocycles. The number of nitrogens with one attached hydrogen (secondary N) is 1. The van der Waals surface area contributed by atoms with Gasteiger partial charge in [-0.2, -0.15) is 0 Å². The van der Waals surface area contributed by atoms with Crippen molar-refractivity contribution in [3.05, 3.63) is 12.2 Å². The van der Waals surface area contributed by atoms with Crippen LogP contribution in [0.15, 0.2) is 6.33 Å². The molecule has 0 radical (unpaired) electrons. The van der Waals surface area contributed by atoms with E-state index < -0.39 is 0 Å². The van der Waals surface area contributed by atoms with Crippen LogP contribution >= 0.6 is 0 Å². The fourth-order valence-electron chi connectivity index (χ4n) is 2.98. The van der Waals surface area contributed by atoms with Gasteiger partial charge in [0.1, 0.15) is 6.33 Å². The van der Waals surface area contributed by atoms with Crippen LogP contribution in [0, 0.1) is 5.92 Å². The molecule has 1 N–H and O–H groups in total. The highest BCUT2D eigenvalue weighted by molar-refractivity contribution is 5.76. The molecule has 1 aromatic rings. The van der Waals surface area contributed by atoms with E-state index in [1.807, 2.05) is 18.4 Å². The van der Waals surface area contributed by atoms with Gasteiger partial charge >= 0.3 is 0 Å². The van der Waals surface area contributed by atoms with Gasteiger partial charge in [-0.15, -0.1) is 10.2 Å². The maximum atomic E-state index is 12.2. The van der Waals surface area contributed by atoms with Gasteiger partial charge in [0, 0.05) is 13.0 Å². The Balaban J connectivity index is 1.79. The lowest BCUT2D eigenvalue weighted by atomic mass is 9.93. The number of nitrogens with zero attached hydrogens (tertiary/aromatic N) is 4. The SMILES string of the molecule is CCN1CCC(CC(=O)N[C@@H](C)c2nncn2CC)CC1. The number of hydrogen-bond acceptors (Lipinski definition) is 4. The second-order valence-electron chi connectivity index (χ2n) is 5.85. The standard InChI is InChI=1S/C15H27N5O/c1-4-19-8-6-13(7-9-19)10-14(21)17-12(3)15-18-16-11-20(15)5-2/h11-13H,4-10H2,1-3H3,(H,17,21)/t12-/m0/s1. The van der Waals surface area contributed by atoms with E-state index in [1.54, 1.807) is 6.33 Å². The van der Waals surface area contributed by atoms with E-state index in [1.165, 1.54) is 0 Å². The van der Waals surface area contributed by atoms with Gasteiger partial charge in [-0.05, 0) is 52.2 Å². The lowest BCUT2D eigenvalue weighted by molar-refractivity contribution is -0.123. The normalized spacial score (nSPS) is 18.6. The number of carbonyl (C=O) groups is 1. The molecule has 0 spiro atoms. The van der Waals surface area contributed by atoms with Gasteiger partial charge in [-0.25, -0.2) is 0 Å². The summed E-state index contributed by atoms with van der Waals surface area (Å²) in [5.74, 6) is 1.47. The smallest absolute Gasteiger partial charge is 0.220 e. The Morgan fingerprint density at radius 3 is 2.71 bits per heavy atom. The summed E-state index contributed by atoms with van der Waals surface area (Å²) in [6.07, 6.45) is 4.59. The summed E-state index contributed by atoms with van der Waals surface area (Å²) in [4.78, 5) is 14.6. The van der Waals surface area contributed by atoms with E-state index in [2.05, 4.69) is 27.3 Å². The fourth-order valence-corrected chi connectivity index (χ4v) is 2.98. The molecule has 6 nitrogen and oxygen atoms in total. The minimum atomic E-state index is -0.0873. The van der Waals surface area contributed by atoms with Gasteiger partial charge in [0.15, 0.2) is 5.82 Å². The Hall–Kier alpha value is -1.43. The molecule has 1 atom stereocenters. The van der Waals surface area contributed by atoms with Crippen molar-refractivity contribution < 1.29 is 4.79 Å². The van der Waals surface area contributed by atoms with Crippen LogP contribution in [0.4, 0.5) is 0 Å². The van der Waals surface area contributed by atoms with E-state index >= 15 is 0 Å². The highest BCUT2D eigenvalue weighted by Crippen LogP contribution is 2.20. The quantitative estimate of drug-likeness (QED) is 0.865. The number of rotatable bonds is 6. The third-order valence-electron chi connectivity index (χ3n) is 4.38. The topological polar surface area (TPSA) is 63.1 Å². The number of carbonyl (C=O) groups excluding carboxylic acids is 1. The third-order valence-corrected chi connectivity index (χ3v) is 4.38. The second-order valence-corrected chi connectivity index (χ2v) is 5.85. The number of likely N-dealkylation sites (tertiary alicyclic amines) is 1. The van der Waals surface area contributed by atoms with Gasteiger partial charge in [0.2, 0.25) is 5.91 Å². The summed E-state index contributed by atoms with van der Waals surface area (Å²) >= 11 is 0. The summed E-state index contributed by atoms with van der Waals surface area (Å²) in [6.45, 7) is 10.4. The second kappa shape index (κ2) is 7.54. The van der Waals surface area contributed by atoms with E-state index in [0.29, 0.717) is 12.3 Å². The van der Waals surface area contributed by atoms with Gasteiger partial charge < -0.3 is 14.8 Å². The first kappa shape index (κ1) is 15.9. The predicted molar refractivity (Wildman–Crippen MR) is 81.7 cm³/mol. The lowest BCUT2D eigenvalue weighted by Crippen LogP contribution is -2.36. The minimum absolute atomic E-state index is 0.0873. The Morgan fingerprint density at radius 1 is 1.38 bits per heavy atom. The summed E-state index contributed by atoms with van der Waals surface area (Å²) in [6, 6.07) is -0.0873. The molecule has 1 aromatic heterocycles. The number of piperidine rings is 1. The predicted octanol–water partition coefficient (Wildman–Crippen LogP) is 1.60. The van der Waals surface area contributed by atoms with Gasteiger partial charge in [-0.3, -0.25) is 4.79 Å². The first-order chi connectivity index (χ1) is 10.1. The molecule has 6 heteroatoms. The van der Waals surface area contributed by atoms with Crippen molar-refractivity contribution in [3.8, 4) is 0 Å². The lowest BCUT2D eigenvalue weighted by Gasteiger charge is -2.30. The van der Waals surface area contributed by atoms with Crippen molar-refractivity contribution in [1.82, 2.24) is 25.0 Å². The van der Waals surface area contributed by atoms with Crippen molar-refractivity contribution in [2.45, 2.75) is 52.6 Å². The van der Waals surface area contributed by atoms with E-state index in [9.17, 15) is 4.79 Å². The van der Waals surface area contributed by atoms with Crippen LogP contribution in [0.5, 0.6) is 0 Å². The molecule has 1 amide bonds. The highest BCUT2D eigenvalue weighted by atomic mass is 16.1. The molecule has 1 saturated heterocycles. The van der Waals surface area contributed by atoms with Crippen molar-refractivity contribution in [1.29, 1.82) is 0 Å². The Kier molecular flexibility index (Phi) is 5.73. The summed E-state index contributed by atoms with van der Waals surface area (Å²) in [5.41, 5.74) is 0. The molecule has 1 fully saturated rings. The monoisotopic (exact) mass is 293 g/mol. The van der Waals surface area contributed by atoms with E-state index in [4.69, 9.17) is 0 Å². The molecule has 0 aliphatic carbocycles. The van der Waals surface area contributed by atoms with Crippen LogP contribution in [0.25, 0.3) is 0 Å². The first-order valence-electron chi connectivity index (χ1n) is 8.03. The third kappa shape index (κ3) is 4.27. The summed E-state index contributed by atoms with van der Waals surface area (Å²) in [5, 5.41) is 11.1. The minimum Gasteiger partial charge on any atom is -0.346 e. The first-order valence-corrected chi connectivity index (χ1v) is 8.03. The van der Waals surface area contributed by atoms with Gasteiger partial charge in [0.05, 0.1) is 6.04 Å². The number of amides is 1. The van der Waals surface area contributed by atoms with Crippen LogP contribution in [0.3, 0.4) is 0 Å². The molecule has 0 aromatic carbocycles. The maximum Gasteiger partial charge on any atom is 0.220 e. The van der Waals surface area contributed by atoms with Crippen molar-refractivity contribution >= 4 is 5.91 Å². The highest BCUT2D eigenvalue weighted by Gasteiger charge is 2.22. The van der Waals surface area contributed by atoms with Crippen molar-refractivity contribution in [2.75, 3.05) is 19.6 Å². The molecule has 21 heavy (non-hydrogen) atoms. The van der Waals surface area contributed by atoms with Crippen molar-refractivity contribution in [3.63, 3.8) is 0 Å². The zero-order chi connectivity index (χ0) is 15.2. The molecule has 0 saturated carbocycles. The average Bonchev–Trinajstić information content (AvgIpc) is 2.96. The van der Waals surface area contributed by atoms with Gasteiger partial charge in [-0.1, -0.05) is 6.92 Å². The van der Waals surface area contributed by atoms with Crippen molar-refractivity contribution in [2.24, 2.45) is 5.92 Å². The van der Waals surface area contributed by atoms with Crippen LogP contribution in [0.1, 0.15) is 51.9 Å². The molecular weight excluding hydrogens is 266 g/mol. The number of aryl methyl sites for hydroxylation is 1.